The summed E-state index contributed by atoms with van der Waals surface area (Å²) in [5.74, 6) is 0.532. The molecular weight excluding hydrogens is 473 g/mol. The van der Waals surface area contributed by atoms with Crippen molar-refractivity contribution in [3.05, 3.63) is 72.2 Å². The van der Waals surface area contributed by atoms with Gasteiger partial charge in [-0.3, -0.25) is 4.98 Å². The van der Waals surface area contributed by atoms with E-state index in [1.165, 1.54) is 25.3 Å². The lowest BCUT2D eigenvalue weighted by Gasteiger charge is -2.37. The van der Waals surface area contributed by atoms with Crippen LogP contribution < -0.4 is 11.1 Å². The highest BCUT2D eigenvalue weighted by Gasteiger charge is 2.37. The number of rotatable bonds is 4. The van der Waals surface area contributed by atoms with Crippen molar-refractivity contribution in [1.29, 1.82) is 0 Å². The molecule has 0 amide bonds. The number of nitrogens with zero attached hydrogens (tertiary/aromatic N) is 2. The number of alkyl halides is 3. The van der Waals surface area contributed by atoms with E-state index in [9.17, 15) is 13.2 Å². The van der Waals surface area contributed by atoms with Crippen LogP contribution in [0.1, 0.15) is 43.4 Å². The summed E-state index contributed by atoms with van der Waals surface area (Å²) in [5, 5.41) is 3.18. The van der Waals surface area contributed by atoms with Gasteiger partial charge in [-0.1, -0.05) is 31.4 Å². The van der Waals surface area contributed by atoms with Crippen molar-refractivity contribution in [2.75, 3.05) is 18.5 Å². The molecule has 3 aromatic rings. The van der Waals surface area contributed by atoms with E-state index >= 15 is 0 Å². The second kappa shape index (κ2) is 11.0. The van der Waals surface area contributed by atoms with Gasteiger partial charge in [0, 0.05) is 23.3 Å². The van der Waals surface area contributed by atoms with Crippen molar-refractivity contribution in [2.45, 2.75) is 54.8 Å². The topological polar surface area (TPSA) is 73.1 Å². The molecule has 0 bridgehead atoms. The van der Waals surface area contributed by atoms with Gasteiger partial charge in [0.15, 0.2) is 0 Å². The van der Waals surface area contributed by atoms with Gasteiger partial charge in [-0.05, 0) is 60.4 Å². The summed E-state index contributed by atoms with van der Waals surface area (Å²) in [6, 6.07) is 14.9. The smallest absolute Gasteiger partial charge is 0.377 e. The fourth-order valence-corrected chi connectivity index (χ4v) is 4.26. The Morgan fingerprint density at radius 3 is 2.23 bits per heavy atom. The highest BCUT2D eigenvalue weighted by atomic mass is 32.1. The second-order valence-corrected chi connectivity index (χ2v) is 9.55. The summed E-state index contributed by atoms with van der Waals surface area (Å²) in [6.45, 7) is 1.08. The van der Waals surface area contributed by atoms with Gasteiger partial charge in [0.25, 0.3) is 0 Å². The van der Waals surface area contributed by atoms with Crippen molar-refractivity contribution in [1.82, 2.24) is 9.97 Å². The van der Waals surface area contributed by atoms with E-state index in [2.05, 4.69) is 27.9 Å². The van der Waals surface area contributed by atoms with Crippen LogP contribution in [0.15, 0.2) is 65.8 Å². The van der Waals surface area contributed by atoms with E-state index in [4.69, 9.17) is 10.5 Å². The molecule has 9 heteroatoms. The number of halogens is 3. The lowest BCUT2D eigenvalue weighted by atomic mass is 9.92. The summed E-state index contributed by atoms with van der Waals surface area (Å²) in [5.41, 5.74) is 8.22. The van der Waals surface area contributed by atoms with Gasteiger partial charge >= 0.3 is 6.18 Å². The predicted octanol–water partition coefficient (Wildman–Crippen LogP) is 6.07. The quantitative estimate of drug-likeness (QED) is 0.378. The second-order valence-electron chi connectivity index (χ2n) is 9.03. The molecule has 0 atom stereocenters. The van der Waals surface area contributed by atoms with Gasteiger partial charge in [0.1, 0.15) is 11.4 Å². The molecule has 2 aromatic heterocycles. The van der Waals surface area contributed by atoms with Gasteiger partial charge in [0.2, 0.25) is 0 Å². The third kappa shape index (κ3) is 6.74. The molecule has 3 heterocycles. The monoisotopic (exact) mass is 502 g/mol. The standard InChI is InChI=1S/C14H14N2OS.C12H15F3N2/c15-14(8-17-9-14)13-7-11(5-6-16-13)10-1-3-12(18)4-2-10;13-12(14,15)9-6-7-11(16-8-9)17-10-4-2-1-3-5-10/h1-7,18H,8-9,15H2;6-8,10H,1-5H2,(H,16,17). The molecule has 1 aromatic carbocycles. The van der Waals surface area contributed by atoms with Crippen LogP contribution in [0.5, 0.6) is 0 Å². The maximum absolute atomic E-state index is 12.3. The fraction of sp³-hybridized carbons (Fsp3) is 0.385. The highest BCUT2D eigenvalue weighted by molar-refractivity contribution is 7.80. The molecule has 5 rings (SSSR count). The number of nitrogens with two attached hydrogens (primary N) is 1. The number of benzene rings is 1. The van der Waals surface area contributed by atoms with Crippen LogP contribution in [0, 0.1) is 0 Å². The van der Waals surface area contributed by atoms with E-state index < -0.39 is 17.3 Å². The molecule has 0 spiro atoms. The molecule has 1 aliphatic heterocycles. The van der Waals surface area contributed by atoms with Crippen LogP contribution in [0.3, 0.4) is 0 Å². The first-order valence-electron chi connectivity index (χ1n) is 11.7. The summed E-state index contributed by atoms with van der Waals surface area (Å²) in [7, 11) is 0. The van der Waals surface area contributed by atoms with Crippen LogP contribution in [-0.2, 0) is 16.5 Å². The third-order valence-electron chi connectivity index (χ3n) is 6.24. The Morgan fingerprint density at radius 1 is 0.943 bits per heavy atom. The van der Waals surface area contributed by atoms with E-state index in [0.29, 0.717) is 25.1 Å². The summed E-state index contributed by atoms with van der Waals surface area (Å²) < 4.78 is 42.1. The van der Waals surface area contributed by atoms with Gasteiger partial charge in [-0.25, -0.2) is 4.98 Å². The van der Waals surface area contributed by atoms with Gasteiger partial charge in [-0.2, -0.15) is 13.2 Å². The first-order chi connectivity index (χ1) is 16.7. The molecular formula is C26H29F3N4OS. The van der Waals surface area contributed by atoms with Crippen LogP contribution in [0.2, 0.25) is 0 Å². The molecule has 3 N–H and O–H groups in total. The minimum atomic E-state index is -4.31. The molecule has 1 saturated carbocycles. The number of anilines is 1. The zero-order valence-electron chi connectivity index (χ0n) is 19.3. The number of hydrogen-bond acceptors (Lipinski definition) is 6. The maximum atomic E-state index is 12.3. The van der Waals surface area contributed by atoms with E-state index in [1.807, 2.05) is 36.4 Å². The van der Waals surface area contributed by atoms with Crippen molar-refractivity contribution in [3.63, 3.8) is 0 Å². The Bertz CT molecular complexity index is 1100. The van der Waals surface area contributed by atoms with Crippen molar-refractivity contribution in [2.24, 2.45) is 5.73 Å². The third-order valence-corrected chi connectivity index (χ3v) is 6.54. The molecule has 1 saturated heterocycles. The van der Waals surface area contributed by atoms with Gasteiger partial charge < -0.3 is 15.8 Å². The summed E-state index contributed by atoms with van der Waals surface area (Å²) in [4.78, 5) is 9.12. The largest absolute Gasteiger partial charge is 0.417 e. The average Bonchev–Trinajstić information content (AvgIpc) is 2.84. The average molecular weight is 503 g/mol. The van der Waals surface area contributed by atoms with Crippen LogP contribution in [0.25, 0.3) is 11.1 Å². The lowest BCUT2D eigenvalue weighted by molar-refractivity contribution is -0.137. The Morgan fingerprint density at radius 2 is 1.66 bits per heavy atom. The molecule has 186 valence electrons. The van der Waals surface area contributed by atoms with E-state index in [0.717, 1.165) is 46.8 Å². The number of aromatic nitrogens is 2. The zero-order chi connectivity index (χ0) is 24.9. The minimum Gasteiger partial charge on any atom is -0.377 e. The number of pyridine rings is 2. The molecule has 2 fully saturated rings. The lowest BCUT2D eigenvalue weighted by Crippen LogP contribution is -2.54. The number of nitrogens with one attached hydrogen (secondary N) is 1. The summed E-state index contributed by atoms with van der Waals surface area (Å²) >= 11 is 4.29. The molecule has 0 unspecified atom stereocenters. The Labute approximate surface area is 208 Å². The normalized spacial score (nSPS) is 17.6. The zero-order valence-corrected chi connectivity index (χ0v) is 20.2. The molecule has 35 heavy (non-hydrogen) atoms. The number of ether oxygens (including phenoxy) is 1. The van der Waals surface area contributed by atoms with Crippen molar-refractivity contribution < 1.29 is 17.9 Å². The van der Waals surface area contributed by atoms with Gasteiger partial charge in [0.05, 0.1) is 24.5 Å². The predicted molar refractivity (Wildman–Crippen MR) is 133 cm³/mol. The number of thiol groups is 1. The van der Waals surface area contributed by atoms with Gasteiger partial charge in [-0.15, -0.1) is 12.6 Å². The summed E-state index contributed by atoms with van der Waals surface area (Å²) in [6.07, 6.45) is 4.12. The van der Waals surface area contributed by atoms with Crippen molar-refractivity contribution >= 4 is 18.4 Å². The molecule has 1 aliphatic carbocycles. The molecule has 2 aliphatic rings. The van der Waals surface area contributed by atoms with Crippen LogP contribution >= 0.6 is 12.6 Å². The van der Waals surface area contributed by atoms with Crippen molar-refractivity contribution in [3.8, 4) is 11.1 Å². The van der Waals surface area contributed by atoms with E-state index in [1.54, 1.807) is 6.20 Å². The van der Waals surface area contributed by atoms with Crippen LogP contribution in [-0.4, -0.2) is 29.2 Å². The number of hydrogen-bond donors (Lipinski definition) is 3. The van der Waals surface area contributed by atoms with E-state index in [-0.39, 0.29) is 0 Å². The molecule has 5 nitrogen and oxygen atoms in total. The highest BCUT2D eigenvalue weighted by Crippen LogP contribution is 2.30. The van der Waals surface area contributed by atoms with Crippen LogP contribution in [0.4, 0.5) is 19.0 Å². The SMILES string of the molecule is FC(F)(F)c1ccc(NC2CCCCC2)nc1.NC1(c2cc(-c3ccc(S)cc3)ccn2)COC1. The first-order valence-corrected chi connectivity index (χ1v) is 12.1. The first kappa shape index (κ1) is 25.5. The Hall–Kier alpha value is -2.62. The Kier molecular flexibility index (Phi) is 7.98. The fourth-order valence-electron chi connectivity index (χ4n) is 4.11. The Balaban J connectivity index is 0.000000165. The molecule has 0 radical (unpaired) electrons. The maximum Gasteiger partial charge on any atom is 0.417 e. The minimum absolute atomic E-state index is 0.355.